The zero-order valence-corrected chi connectivity index (χ0v) is 9.99. The summed E-state index contributed by atoms with van der Waals surface area (Å²) < 4.78 is 5.61. The molecule has 0 fully saturated rings. The average molecular weight is 222 g/mol. The molecule has 1 nitrogen and oxygen atoms in total. The minimum absolute atomic E-state index is 1.15. The van der Waals surface area contributed by atoms with Crippen LogP contribution in [-0.4, -0.2) is 8.32 Å². The summed E-state index contributed by atoms with van der Waals surface area (Å²) in [4.78, 5) is 0. The van der Waals surface area contributed by atoms with Crippen LogP contribution >= 0.6 is 0 Å². The maximum absolute atomic E-state index is 5.61. The van der Waals surface area contributed by atoms with Crippen LogP contribution in [0.4, 0.5) is 0 Å². The Labute approximate surface area is 74.8 Å². The van der Waals surface area contributed by atoms with E-state index >= 15 is 0 Å². The van der Waals surface area contributed by atoms with Crippen LogP contribution in [0, 0.1) is 0 Å². The van der Waals surface area contributed by atoms with Crippen molar-refractivity contribution in [2.75, 3.05) is 0 Å². The molecule has 0 heterocycles. The van der Waals surface area contributed by atoms with Gasteiger partial charge in [-0.1, -0.05) is 0 Å². The molecule has 0 aromatic rings. The van der Waals surface area contributed by atoms with Gasteiger partial charge >= 0.3 is 74.9 Å². The first-order valence-corrected chi connectivity index (χ1v) is 7.12. The van der Waals surface area contributed by atoms with E-state index in [4.69, 9.17) is 2.50 Å². The predicted molar refractivity (Wildman–Crippen MR) is 38.3 cm³/mol. The summed E-state index contributed by atoms with van der Waals surface area (Å²) in [7, 11) is -1.15. The third kappa shape index (κ3) is 2.65. The Morgan fingerprint density at radius 3 is 1.44 bits per heavy atom. The van der Waals surface area contributed by atoms with Gasteiger partial charge in [-0.2, -0.15) is 0 Å². The van der Waals surface area contributed by atoms with Crippen molar-refractivity contribution in [3.8, 4) is 0 Å². The van der Waals surface area contributed by atoms with Gasteiger partial charge in [0, 0.05) is 0 Å². The molecule has 53 valence electrons. The van der Waals surface area contributed by atoms with E-state index < -0.39 is 8.32 Å². The molecule has 0 aromatic carbocycles. The molecule has 0 N–H and O–H groups in total. The topological polar surface area (TPSA) is 9.23 Å². The van der Waals surface area contributed by atoms with Gasteiger partial charge in [0.05, 0.1) is 0 Å². The molecule has 0 rings (SSSR count). The molecule has 0 aliphatic rings. The Balaban J connectivity index is 3.82. The second-order valence-electron chi connectivity index (χ2n) is 2.35. The number of hydrogen-bond acceptors (Lipinski definition) is 1. The molecule has 0 saturated heterocycles. The maximum atomic E-state index is 5.61. The second kappa shape index (κ2) is 4.81. The standard InChI is InChI=1S/C6H15OSi.Zr/c1-4-8(7,5-2)6-3;/h4-6H2,1-3H3;/q-1;+1. The molecule has 0 amide bonds. The monoisotopic (exact) mass is 221 g/mol. The van der Waals surface area contributed by atoms with Crippen LogP contribution in [0.3, 0.4) is 0 Å². The molecule has 0 radical (unpaired) electrons. The fourth-order valence-corrected chi connectivity index (χ4v) is 6.09. The SMILES string of the molecule is CC[Si](CC)(CC)[O][Zr]. The molecule has 0 atom stereocenters. The van der Waals surface area contributed by atoms with Crippen LogP contribution in [0.2, 0.25) is 18.1 Å². The van der Waals surface area contributed by atoms with E-state index in [0.717, 1.165) is 0 Å². The van der Waals surface area contributed by atoms with Crippen LogP contribution in [0.1, 0.15) is 20.8 Å². The zero-order valence-electron chi connectivity index (χ0n) is 6.53. The fraction of sp³-hybridized carbons (Fsp3) is 1.00. The van der Waals surface area contributed by atoms with Gasteiger partial charge in [0.1, 0.15) is 0 Å². The molecule has 3 heteroatoms. The van der Waals surface area contributed by atoms with E-state index in [2.05, 4.69) is 20.8 Å². The van der Waals surface area contributed by atoms with Gasteiger partial charge in [0.25, 0.3) is 0 Å². The van der Waals surface area contributed by atoms with E-state index in [0.29, 0.717) is 0 Å². The fourth-order valence-electron chi connectivity index (χ4n) is 0.967. The first kappa shape index (κ1) is 10.1. The molecule has 0 aliphatic carbocycles. The van der Waals surface area contributed by atoms with Crippen LogP contribution in [0.5, 0.6) is 0 Å². The van der Waals surface area contributed by atoms with Crippen LogP contribution < -0.4 is 0 Å². The van der Waals surface area contributed by atoms with Gasteiger partial charge in [-0.15, -0.1) is 0 Å². The summed E-state index contributed by atoms with van der Waals surface area (Å²) in [5.74, 6) is 0. The molecule has 0 saturated carbocycles. The Morgan fingerprint density at radius 2 is 1.44 bits per heavy atom. The van der Waals surface area contributed by atoms with E-state index in [1.165, 1.54) is 43.3 Å². The molecule has 0 spiro atoms. The predicted octanol–water partition coefficient (Wildman–Crippen LogP) is 2.47. The van der Waals surface area contributed by atoms with Crippen LogP contribution in [0.25, 0.3) is 0 Å². The van der Waals surface area contributed by atoms with E-state index in [1.807, 2.05) is 0 Å². The Hall–Kier alpha value is 1.06. The summed E-state index contributed by atoms with van der Waals surface area (Å²) in [6, 6.07) is 3.85. The first-order chi connectivity index (χ1) is 4.24. The van der Waals surface area contributed by atoms with Crippen molar-refractivity contribution in [3.63, 3.8) is 0 Å². The summed E-state index contributed by atoms with van der Waals surface area (Å²) in [6.07, 6.45) is 0. The van der Waals surface area contributed by atoms with Gasteiger partial charge in [0.15, 0.2) is 0 Å². The molecule has 0 aliphatic heterocycles. The van der Waals surface area contributed by atoms with E-state index in [-0.39, 0.29) is 0 Å². The molecular weight excluding hydrogens is 207 g/mol. The Morgan fingerprint density at radius 1 is 1.11 bits per heavy atom. The summed E-state index contributed by atoms with van der Waals surface area (Å²) in [5, 5.41) is 0. The van der Waals surface area contributed by atoms with Crippen molar-refractivity contribution < 1.29 is 27.7 Å². The van der Waals surface area contributed by atoms with Crippen molar-refractivity contribution in [2.45, 2.75) is 38.9 Å². The van der Waals surface area contributed by atoms with E-state index in [1.54, 1.807) is 0 Å². The van der Waals surface area contributed by atoms with Crippen LogP contribution in [-0.2, 0) is 27.7 Å². The summed E-state index contributed by atoms with van der Waals surface area (Å²) >= 11 is 1.26. The molecule has 9 heavy (non-hydrogen) atoms. The normalized spacial score (nSPS) is 11.8. The van der Waals surface area contributed by atoms with Crippen molar-refractivity contribution in [1.29, 1.82) is 0 Å². The summed E-state index contributed by atoms with van der Waals surface area (Å²) in [5.41, 5.74) is 0. The Bertz CT molecular complexity index is 55.9. The minimum atomic E-state index is -1.15. The third-order valence-electron chi connectivity index (χ3n) is 2.15. The van der Waals surface area contributed by atoms with E-state index in [9.17, 15) is 0 Å². The third-order valence-corrected chi connectivity index (χ3v) is 9.64. The second-order valence-corrected chi connectivity index (χ2v) is 8.54. The van der Waals surface area contributed by atoms with Gasteiger partial charge in [-0.3, -0.25) is 0 Å². The van der Waals surface area contributed by atoms with Crippen LogP contribution in [0.15, 0.2) is 0 Å². The molecular formula is C6H15OSiZr. The first-order valence-electron chi connectivity index (χ1n) is 3.59. The van der Waals surface area contributed by atoms with Gasteiger partial charge in [-0.05, 0) is 0 Å². The quantitative estimate of drug-likeness (QED) is 0.664. The van der Waals surface area contributed by atoms with Crippen molar-refractivity contribution >= 4 is 8.32 Å². The van der Waals surface area contributed by atoms with Crippen molar-refractivity contribution in [2.24, 2.45) is 0 Å². The Kier molecular flexibility index (Phi) is 5.38. The number of rotatable bonds is 4. The molecule has 0 unspecified atom stereocenters. The zero-order chi connectivity index (χ0) is 7.33. The van der Waals surface area contributed by atoms with Crippen molar-refractivity contribution in [3.05, 3.63) is 0 Å². The number of hydrogen-bond donors (Lipinski definition) is 0. The molecule has 0 bridgehead atoms. The van der Waals surface area contributed by atoms with Gasteiger partial charge in [-0.25, -0.2) is 0 Å². The molecule has 0 aromatic heterocycles. The summed E-state index contributed by atoms with van der Waals surface area (Å²) in [6.45, 7) is 6.76. The van der Waals surface area contributed by atoms with Gasteiger partial charge in [0.2, 0.25) is 0 Å². The van der Waals surface area contributed by atoms with Gasteiger partial charge < -0.3 is 0 Å². The average Bonchev–Trinajstić information content (AvgIpc) is 1.95. The van der Waals surface area contributed by atoms with Crippen molar-refractivity contribution in [1.82, 2.24) is 0 Å².